The number of benzene rings is 1. The zero-order valence-electron chi connectivity index (χ0n) is 11.4. The first-order valence-corrected chi connectivity index (χ1v) is 6.92. The minimum absolute atomic E-state index is 0.212. The fraction of sp³-hybridized carbons (Fsp3) is 0.533. The molecule has 1 aliphatic rings. The monoisotopic (exact) mass is 262 g/mol. The summed E-state index contributed by atoms with van der Waals surface area (Å²) in [5, 5.41) is 0. The molecule has 0 unspecified atom stereocenters. The van der Waals surface area contributed by atoms with Crippen molar-refractivity contribution >= 4 is 5.91 Å². The Kier molecular flexibility index (Phi) is 4.93. The molecule has 1 saturated heterocycles. The number of hydrogen-bond acceptors (Lipinski definition) is 3. The number of carbonyl (C=O) groups excluding carboxylic acids is 1. The molecule has 19 heavy (non-hydrogen) atoms. The largest absolute Gasteiger partial charge is 0.377 e. The summed E-state index contributed by atoms with van der Waals surface area (Å²) >= 11 is 0. The zero-order chi connectivity index (χ0) is 13.7. The average Bonchev–Trinajstić information content (AvgIpc) is 2.40. The van der Waals surface area contributed by atoms with Gasteiger partial charge in [-0.15, -0.1) is 0 Å². The van der Waals surface area contributed by atoms with E-state index in [1.807, 2.05) is 37.3 Å². The number of rotatable bonds is 5. The molecule has 2 atom stereocenters. The van der Waals surface area contributed by atoms with Gasteiger partial charge in [0.15, 0.2) is 0 Å². The number of piperidine rings is 1. The fourth-order valence-corrected chi connectivity index (χ4v) is 2.76. The lowest BCUT2D eigenvalue weighted by molar-refractivity contribution is -0.125. The maximum atomic E-state index is 11.8. The third-order valence-electron chi connectivity index (χ3n) is 3.56. The van der Waals surface area contributed by atoms with Gasteiger partial charge >= 0.3 is 0 Å². The van der Waals surface area contributed by atoms with E-state index < -0.39 is 0 Å². The van der Waals surface area contributed by atoms with Gasteiger partial charge < -0.3 is 10.5 Å². The van der Waals surface area contributed by atoms with Gasteiger partial charge in [0, 0.05) is 13.2 Å². The van der Waals surface area contributed by atoms with Crippen molar-refractivity contribution in [1.82, 2.24) is 4.90 Å². The molecular weight excluding hydrogens is 240 g/mol. The van der Waals surface area contributed by atoms with Gasteiger partial charge in [0.1, 0.15) is 6.04 Å². The predicted molar refractivity (Wildman–Crippen MR) is 74.6 cm³/mol. The van der Waals surface area contributed by atoms with Crippen LogP contribution in [0.15, 0.2) is 30.3 Å². The Hall–Kier alpha value is -1.39. The molecular formula is C15H22N2O2. The third-order valence-corrected chi connectivity index (χ3v) is 3.56. The normalized spacial score (nSPS) is 22.1. The van der Waals surface area contributed by atoms with E-state index in [9.17, 15) is 4.79 Å². The first-order valence-electron chi connectivity index (χ1n) is 6.92. The van der Waals surface area contributed by atoms with E-state index in [-0.39, 0.29) is 18.1 Å². The molecule has 1 aromatic carbocycles. The van der Waals surface area contributed by atoms with Crippen molar-refractivity contribution in [2.45, 2.75) is 31.9 Å². The van der Waals surface area contributed by atoms with E-state index in [0.29, 0.717) is 6.61 Å². The van der Waals surface area contributed by atoms with Crippen LogP contribution in [0.1, 0.15) is 31.4 Å². The zero-order valence-corrected chi connectivity index (χ0v) is 11.4. The lowest BCUT2D eigenvalue weighted by Gasteiger charge is -2.36. The minimum atomic E-state index is -0.343. The number of nitrogens with two attached hydrogens (primary N) is 1. The van der Waals surface area contributed by atoms with Crippen LogP contribution >= 0.6 is 0 Å². The van der Waals surface area contributed by atoms with Crippen molar-refractivity contribution in [2.24, 2.45) is 5.73 Å². The molecule has 1 heterocycles. The van der Waals surface area contributed by atoms with Crippen molar-refractivity contribution < 1.29 is 9.53 Å². The van der Waals surface area contributed by atoms with Crippen LogP contribution in [-0.2, 0) is 9.53 Å². The minimum Gasteiger partial charge on any atom is -0.377 e. The van der Waals surface area contributed by atoms with Crippen LogP contribution in [0, 0.1) is 0 Å². The van der Waals surface area contributed by atoms with Crippen LogP contribution in [0.4, 0.5) is 0 Å². The van der Waals surface area contributed by atoms with Crippen LogP contribution in [0.3, 0.4) is 0 Å². The Morgan fingerprint density at radius 1 is 1.47 bits per heavy atom. The second kappa shape index (κ2) is 6.68. The topological polar surface area (TPSA) is 55.6 Å². The molecule has 2 rings (SSSR count). The maximum Gasteiger partial charge on any atom is 0.239 e. The molecule has 1 amide bonds. The SMILES string of the molecule is CCO[C@H]1CCCN([C@@H](C(N)=O)c2ccccc2)C1. The molecule has 4 nitrogen and oxygen atoms in total. The number of likely N-dealkylation sites (tertiary alicyclic amines) is 1. The Labute approximate surface area is 114 Å². The lowest BCUT2D eigenvalue weighted by Crippen LogP contribution is -2.46. The summed E-state index contributed by atoms with van der Waals surface area (Å²) in [6, 6.07) is 9.40. The van der Waals surface area contributed by atoms with Gasteiger partial charge in [-0.1, -0.05) is 30.3 Å². The molecule has 4 heteroatoms. The molecule has 0 aliphatic carbocycles. The van der Waals surface area contributed by atoms with Gasteiger partial charge in [-0.05, 0) is 31.9 Å². The maximum absolute atomic E-state index is 11.8. The number of nitrogens with zero attached hydrogens (tertiary/aromatic N) is 1. The third kappa shape index (κ3) is 3.55. The highest BCUT2D eigenvalue weighted by Gasteiger charge is 2.30. The highest BCUT2D eigenvalue weighted by Crippen LogP contribution is 2.25. The first-order chi connectivity index (χ1) is 9.22. The second-order valence-corrected chi connectivity index (χ2v) is 4.93. The number of primary amides is 1. The molecule has 0 aromatic heterocycles. The molecule has 0 spiro atoms. The molecule has 0 bridgehead atoms. The molecule has 0 radical (unpaired) electrons. The van der Waals surface area contributed by atoms with E-state index in [0.717, 1.165) is 31.5 Å². The summed E-state index contributed by atoms with van der Waals surface area (Å²) in [5.74, 6) is -0.289. The van der Waals surface area contributed by atoms with Crippen LogP contribution in [-0.4, -0.2) is 36.6 Å². The van der Waals surface area contributed by atoms with E-state index in [1.165, 1.54) is 0 Å². The van der Waals surface area contributed by atoms with E-state index in [2.05, 4.69) is 4.90 Å². The smallest absolute Gasteiger partial charge is 0.239 e. The second-order valence-electron chi connectivity index (χ2n) is 4.93. The molecule has 0 saturated carbocycles. The first kappa shape index (κ1) is 14.0. The highest BCUT2D eigenvalue weighted by atomic mass is 16.5. The number of amides is 1. The Morgan fingerprint density at radius 2 is 2.21 bits per heavy atom. The van der Waals surface area contributed by atoms with Crippen molar-refractivity contribution in [2.75, 3.05) is 19.7 Å². The Morgan fingerprint density at radius 3 is 2.84 bits per heavy atom. The molecule has 1 aromatic rings. The number of hydrogen-bond donors (Lipinski definition) is 1. The summed E-state index contributed by atoms with van der Waals surface area (Å²) < 4.78 is 5.69. The standard InChI is InChI=1S/C15H22N2O2/c1-2-19-13-9-6-10-17(11-13)14(15(16)18)12-7-4-3-5-8-12/h3-5,7-8,13-14H,2,6,9-11H2,1H3,(H2,16,18)/t13-,14+/m0/s1. The van der Waals surface area contributed by atoms with E-state index >= 15 is 0 Å². The van der Waals surface area contributed by atoms with Gasteiger partial charge in [-0.2, -0.15) is 0 Å². The van der Waals surface area contributed by atoms with Crippen molar-refractivity contribution in [3.63, 3.8) is 0 Å². The van der Waals surface area contributed by atoms with Crippen LogP contribution in [0.5, 0.6) is 0 Å². The summed E-state index contributed by atoms with van der Waals surface area (Å²) in [7, 11) is 0. The highest BCUT2D eigenvalue weighted by molar-refractivity contribution is 5.81. The van der Waals surface area contributed by atoms with Gasteiger partial charge in [0.05, 0.1) is 6.10 Å². The van der Waals surface area contributed by atoms with Crippen molar-refractivity contribution in [3.05, 3.63) is 35.9 Å². The lowest BCUT2D eigenvalue weighted by atomic mass is 10.00. The Balaban J connectivity index is 2.13. The number of carbonyl (C=O) groups is 1. The molecule has 104 valence electrons. The molecule has 1 aliphatic heterocycles. The number of ether oxygens (including phenoxy) is 1. The molecule has 2 N–H and O–H groups in total. The van der Waals surface area contributed by atoms with E-state index in [4.69, 9.17) is 10.5 Å². The van der Waals surface area contributed by atoms with Gasteiger partial charge in [0.2, 0.25) is 5.91 Å². The van der Waals surface area contributed by atoms with Gasteiger partial charge in [0.25, 0.3) is 0 Å². The summed E-state index contributed by atoms with van der Waals surface area (Å²) in [4.78, 5) is 13.9. The van der Waals surface area contributed by atoms with Crippen molar-refractivity contribution in [1.29, 1.82) is 0 Å². The van der Waals surface area contributed by atoms with Crippen LogP contribution in [0.25, 0.3) is 0 Å². The Bertz CT molecular complexity index is 406. The predicted octanol–water partition coefficient (Wildman–Crippen LogP) is 1.71. The van der Waals surface area contributed by atoms with Crippen LogP contribution in [0.2, 0.25) is 0 Å². The summed E-state index contributed by atoms with van der Waals surface area (Å²) in [6.07, 6.45) is 2.32. The average molecular weight is 262 g/mol. The van der Waals surface area contributed by atoms with Crippen LogP contribution < -0.4 is 5.73 Å². The quantitative estimate of drug-likeness (QED) is 0.879. The summed E-state index contributed by atoms with van der Waals surface area (Å²) in [6.45, 7) is 4.38. The summed E-state index contributed by atoms with van der Waals surface area (Å²) in [5.41, 5.74) is 6.56. The van der Waals surface area contributed by atoms with E-state index in [1.54, 1.807) is 0 Å². The van der Waals surface area contributed by atoms with Crippen molar-refractivity contribution in [3.8, 4) is 0 Å². The van der Waals surface area contributed by atoms with Gasteiger partial charge in [-0.25, -0.2) is 0 Å². The fourth-order valence-electron chi connectivity index (χ4n) is 2.76. The van der Waals surface area contributed by atoms with Gasteiger partial charge in [-0.3, -0.25) is 9.69 Å². The molecule has 1 fully saturated rings.